The van der Waals surface area contributed by atoms with Gasteiger partial charge < -0.3 is 10.5 Å². The molecule has 1 fully saturated rings. The second kappa shape index (κ2) is 9.30. The number of urea groups is 1. The number of benzene rings is 1. The largest absolute Gasteiger partial charge is 0.487 e. The maximum Gasteiger partial charge on any atom is 0.435 e. The van der Waals surface area contributed by atoms with E-state index in [0.717, 1.165) is 5.69 Å². The molecule has 1 saturated heterocycles. The first kappa shape index (κ1) is 21.8. The summed E-state index contributed by atoms with van der Waals surface area (Å²) in [5.41, 5.74) is 7.00. The number of aromatic nitrogens is 1. The fourth-order valence-corrected chi connectivity index (χ4v) is 3.07. The van der Waals surface area contributed by atoms with Gasteiger partial charge in [-0.05, 0) is 25.1 Å². The van der Waals surface area contributed by atoms with Crippen LogP contribution in [0.2, 0.25) is 0 Å². The molecule has 1 aliphatic rings. The van der Waals surface area contributed by atoms with E-state index in [0.29, 0.717) is 25.2 Å². The van der Waals surface area contributed by atoms with Gasteiger partial charge in [0.2, 0.25) is 0 Å². The van der Waals surface area contributed by atoms with Crippen molar-refractivity contribution in [3.63, 3.8) is 0 Å². The number of anilines is 2. The highest BCUT2D eigenvalue weighted by Gasteiger charge is 2.27. The molecule has 9 nitrogen and oxygen atoms in total. The average molecular weight is 426 g/mol. The Balaban J connectivity index is 1.76. The van der Waals surface area contributed by atoms with E-state index in [4.69, 9.17) is 15.9 Å². The molecule has 0 bridgehead atoms. The molecule has 2 amide bonds. The highest BCUT2D eigenvalue weighted by molar-refractivity contribution is 5.98. The number of likely N-dealkylation sites (tertiary alicyclic amines) is 1. The summed E-state index contributed by atoms with van der Waals surface area (Å²) in [6.07, 6.45) is 4.79. The number of pyridine rings is 1. The van der Waals surface area contributed by atoms with Crippen molar-refractivity contribution in [3.05, 3.63) is 52.9 Å². The summed E-state index contributed by atoms with van der Waals surface area (Å²) in [5.74, 6) is -0.177. The fraction of sp³-hybridized carbons (Fsp3) is 0.333. The number of primary amides is 1. The van der Waals surface area contributed by atoms with E-state index in [1.807, 2.05) is 11.8 Å². The van der Waals surface area contributed by atoms with Gasteiger partial charge in [0.1, 0.15) is 17.7 Å². The molecule has 0 unspecified atom stereocenters. The molecule has 2 aromatic rings. The molecular weight excluding hydrogens is 401 g/mol. The third-order valence-corrected chi connectivity index (χ3v) is 4.66. The topological polar surface area (TPSA) is 103 Å². The molecule has 3 N–H and O–H groups in total. The van der Waals surface area contributed by atoms with Crippen LogP contribution in [-0.4, -0.2) is 60.1 Å². The van der Waals surface area contributed by atoms with Crippen molar-refractivity contribution in [2.75, 3.05) is 32.1 Å². The van der Waals surface area contributed by atoms with Crippen molar-refractivity contribution >= 4 is 23.4 Å². The zero-order valence-corrected chi connectivity index (χ0v) is 17.7. The van der Waals surface area contributed by atoms with Gasteiger partial charge in [-0.15, -0.1) is 5.41 Å². The van der Waals surface area contributed by atoms with Gasteiger partial charge >= 0.3 is 12.0 Å². The van der Waals surface area contributed by atoms with Crippen molar-refractivity contribution in [3.8, 4) is 11.9 Å². The van der Waals surface area contributed by atoms with Gasteiger partial charge in [0, 0.05) is 38.3 Å². The van der Waals surface area contributed by atoms with Gasteiger partial charge in [0.05, 0.1) is 30.7 Å². The standard InChI is InChI=1S/C21H24FN7O2/c1-14-4-5-16(11-25-14)29(21(24)30)17-8-15(22)9-19(10-17)31-18-6-7-28(12-18)13-26-20(23)27(2)3/h4-5,8-11,18,23H,6-7,12H2,1-3H3,(H-,24,30)/p+1/t18-/m1/s1. The van der Waals surface area contributed by atoms with E-state index in [1.54, 1.807) is 37.2 Å². The number of amides is 2. The van der Waals surface area contributed by atoms with Crippen LogP contribution in [0.25, 0.3) is 4.85 Å². The second-order valence-electron chi connectivity index (χ2n) is 7.38. The van der Waals surface area contributed by atoms with Gasteiger partial charge in [-0.1, -0.05) is 0 Å². The summed E-state index contributed by atoms with van der Waals surface area (Å²) < 4.78 is 20.3. The minimum atomic E-state index is -0.761. The number of hydrogen-bond donors (Lipinski definition) is 2. The van der Waals surface area contributed by atoms with Crippen LogP contribution in [0.4, 0.5) is 20.6 Å². The second-order valence-corrected chi connectivity index (χ2v) is 7.38. The van der Waals surface area contributed by atoms with E-state index >= 15 is 0 Å². The molecule has 1 aliphatic heterocycles. The number of guanidine groups is 1. The number of carbonyl (C=O) groups is 1. The Labute approximate surface area is 180 Å². The van der Waals surface area contributed by atoms with E-state index in [9.17, 15) is 9.18 Å². The van der Waals surface area contributed by atoms with Gasteiger partial charge in [-0.2, -0.15) is 4.85 Å². The Morgan fingerprint density at radius 1 is 1.35 bits per heavy atom. The molecule has 1 aromatic carbocycles. The minimum absolute atomic E-state index is 0.0938. The molecule has 0 saturated carbocycles. The quantitative estimate of drug-likeness (QED) is 0.444. The highest BCUT2D eigenvalue weighted by Crippen LogP contribution is 2.30. The van der Waals surface area contributed by atoms with Crippen LogP contribution in [0.15, 0.2) is 36.5 Å². The molecule has 162 valence electrons. The minimum Gasteiger partial charge on any atom is -0.487 e. The van der Waals surface area contributed by atoms with Gasteiger partial charge in [-0.25, -0.2) is 9.18 Å². The van der Waals surface area contributed by atoms with Crippen LogP contribution in [0, 0.1) is 24.3 Å². The Hall–Kier alpha value is -3.87. The highest BCUT2D eigenvalue weighted by atomic mass is 19.1. The molecular formula is C21H25FN7O2+. The van der Waals surface area contributed by atoms with Crippen LogP contribution < -0.4 is 15.4 Å². The summed E-state index contributed by atoms with van der Waals surface area (Å²) in [6, 6.07) is 6.71. The van der Waals surface area contributed by atoms with Crippen molar-refractivity contribution in [2.24, 2.45) is 5.73 Å². The molecule has 1 aromatic heterocycles. The molecule has 0 spiro atoms. The van der Waals surface area contributed by atoms with E-state index < -0.39 is 11.8 Å². The summed E-state index contributed by atoms with van der Waals surface area (Å²) in [5, 5.41) is 7.69. The number of nitrogens with zero attached hydrogens (tertiary/aromatic N) is 5. The van der Waals surface area contributed by atoms with Crippen LogP contribution in [0.3, 0.4) is 0 Å². The lowest BCUT2D eigenvalue weighted by Crippen LogP contribution is -2.31. The monoisotopic (exact) mass is 426 g/mol. The van der Waals surface area contributed by atoms with Gasteiger partial charge in [0.25, 0.3) is 6.19 Å². The summed E-state index contributed by atoms with van der Waals surface area (Å²) >= 11 is 0. The van der Waals surface area contributed by atoms with Crippen LogP contribution in [-0.2, 0) is 0 Å². The zero-order valence-electron chi connectivity index (χ0n) is 17.7. The van der Waals surface area contributed by atoms with Gasteiger partial charge in [-0.3, -0.25) is 19.7 Å². The maximum atomic E-state index is 14.3. The first-order chi connectivity index (χ1) is 14.7. The predicted molar refractivity (Wildman–Crippen MR) is 116 cm³/mol. The first-order valence-electron chi connectivity index (χ1n) is 9.69. The summed E-state index contributed by atoms with van der Waals surface area (Å²) in [7, 11) is 3.46. The van der Waals surface area contributed by atoms with E-state index in [-0.39, 0.29) is 23.5 Å². The number of carbonyl (C=O) groups excluding carboxylic acids is 1. The first-order valence-corrected chi connectivity index (χ1v) is 9.69. The molecule has 3 rings (SSSR count). The molecule has 0 aliphatic carbocycles. The van der Waals surface area contributed by atoms with Crippen molar-refractivity contribution in [1.82, 2.24) is 14.8 Å². The van der Waals surface area contributed by atoms with Crippen LogP contribution in [0.1, 0.15) is 12.1 Å². The lowest BCUT2D eigenvalue weighted by Gasteiger charge is -2.22. The number of halogens is 1. The van der Waals surface area contributed by atoms with Crippen LogP contribution in [0.5, 0.6) is 5.75 Å². The van der Waals surface area contributed by atoms with E-state index in [1.165, 1.54) is 23.2 Å². The molecule has 10 heteroatoms. The van der Waals surface area contributed by atoms with Crippen molar-refractivity contribution < 1.29 is 13.9 Å². The predicted octanol–water partition coefficient (Wildman–Crippen LogP) is 2.99. The summed E-state index contributed by atoms with van der Waals surface area (Å²) in [6.45, 7) is 2.97. The third-order valence-electron chi connectivity index (χ3n) is 4.66. The zero-order chi connectivity index (χ0) is 22.5. The number of hydrogen-bond acceptors (Lipinski definition) is 5. The van der Waals surface area contributed by atoms with E-state index in [2.05, 4.69) is 16.0 Å². The maximum absolute atomic E-state index is 14.3. The Bertz CT molecular complexity index is 1030. The van der Waals surface area contributed by atoms with Crippen LogP contribution >= 0.6 is 0 Å². The number of ether oxygens (including phenoxy) is 1. The third kappa shape index (κ3) is 5.60. The summed E-state index contributed by atoms with van der Waals surface area (Å²) in [4.78, 5) is 24.8. The Morgan fingerprint density at radius 2 is 2.13 bits per heavy atom. The average Bonchev–Trinajstić information content (AvgIpc) is 3.14. The van der Waals surface area contributed by atoms with Crippen molar-refractivity contribution in [1.29, 1.82) is 5.41 Å². The molecule has 31 heavy (non-hydrogen) atoms. The smallest absolute Gasteiger partial charge is 0.435 e. The van der Waals surface area contributed by atoms with Crippen molar-refractivity contribution in [2.45, 2.75) is 19.4 Å². The normalized spacial score (nSPS) is 15.1. The SMILES string of the molecule is Cc1ccc(N(C(N)=O)c2cc(F)cc(O[C@@H]3CCN(C#[N+]C(=N)N(C)C)C3)c2)cn1. The molecule has 2 heterocycles. The lowest BCUT2D eigenvalue weighted by molar-refractivity contribution is 0.212. The number of nitrogens with one attached hydrogen (secondary N) is 1. The van der Waals surface area contributed by atoms with Gasteiger partial charge in [0.15, 0.2) is 0 Å². The number of rotatable bonds is 4. The molecule has 0 radical (unpaired) electrons. The Morgan fingerprint density at radius 3 is 2.77 bits per heavy atom. The fourth-order valence-electron chi connectivity index (χ4n) is 3.07. The lowest BCUT2D eigenvalue weighted by atomic mass is 10.2. The Kier molecular flexibility index (Phi) is 6.55. The number of aryl methyl sites for hydroxylation is 1. The number of nitrogens with two attached hydrogens (primary N) is 1. The molecule has 1 atom stereocenters.